The van der Waals surface area contributed by atoms with Gasteiger partial charge < -0.3 is 34.7 Å². The Morgan fingerprint density at radius 3 is 2.57 bits per heavy atom. The molecular weight excluding hydrogens is 591 g/mol. The number of hydrogen-bond acceptors (Lipinski definition) is 7. The van der Waals surface area contributed by atoms with Gasteiger partial charge in [0.15, 0.2) is 0 Å². The van der Waals surface area contributed by atoms with Crippen molar-refractivity contribution in [3.05, 3.63) is 39.5 Å². The molecule has 10 heteroatoms. The van der Waals surface area contributed by atoms with E-state index >= 15 is 0 Å². The monoisotopic (exact) mass is 630 g/mol. The Morgan fingerprint density at radius 1 is 1.19 bits per heavy atom. The third kappa shape index (κ3) is 10.3. The molecule has 206 valence electrons. The van der Waals surface area contributed by atoms with Crippen LogP contribution in [0.2, 0.25) is 0 Å². The molecular formula is C27H39IN2O7. The van der Waals surface area contributed by atoms with Gasteiger partial charge in [0.05, 0.1) is 22.3 Å². The number of para-hydroxylation sites is 1. The molecule has 3 N–H and O–H groups in total. The molecule has 0 saturated heterocycles. The summed E-state index contributed by atoms with van der Waals surface area (Å²) in [5.74, 6) is -0.00254. The Morgan fingerprint density at radius 2 is 1.92 bits per heavy atom. The molecule has 0 aliphatic heterocycles. The molecule has 0 saturated carbocycles. The van der Waals surface area contributed by atoms with Crippen LogP contribution in [0.3, 0.4) is 0 Å². The van der Waals surface area contributed by atoms with E-state index in [0.717, 1.165) is 3.57 Å². The van der Waals surface area contributed by atoms with Crippen LogP contribution in [0, 0.1) is 3.57 Å². The number of nitrogens with one attached hydrogen (secondary N) is 1. The number of carbonyl (C=O) groups excluding carboxylic acids is 3. The van der Waals surface area contributed by atoms with Crippen LogP contribution < -0.4 is 10.1 Å². The molecule has 2 amide bonds. The first-order valence-electron chi connectivity index (χ1n) is 12.7. The molecule has 1 aliphatic carbocycles. The number of Topliss-reactive ketones (excluding diaryl/α,β-unsaturated/α-hetero) is 1. The highest BCUT2D eigenvalue weighted by Crippen LogP contribution is 2.30. The predicted octanol–water partition coefficient (Wildman–Crippen LogP) is 2.61. The van der Waals surface area contributed by atoms with E-state index in [1.54, 1.807) is 17.0 Å². The zero-order valence-electron chi connectivity index (χ0n) is 21.8. The number of nitrogens with zero attached hydrogens (tertiary/aromatic N) is 1. The number of aliphatic hydroxyl groups excluding tert-OH is 2. The van der Waals surface area contributed by atoms with Gasteiger partial charge in [-0.15, -0.1) is 0 Å². The van der Waals surface area contributed by atoms with Crippen molar-refractivity contribution < 1.29 is 34.1 Å². The molecule has 1 aromatic rings. The van der Waals surface area contributed by atoms with Crippen molar-refractivity contribution in [2.75, 3.05) is 26.3 Å². The Hall–Kier alpha value is -2.02. The zero-order valence-corrected chi connectivity index (χ0v) is 24.0. The summed E-state index contributed by atoms with van der Waals surface area (Å²) in [7, 11) is 0. The number of benzene rings is 1. The maximum absolute atomic E-state index is 13.3. The number of aliphatic hydroxyl groups is 2. The number of hydrogen-bond donors (Lipinski definition) is 3. The second-order valence-corrected chi connectivity index (χ2v) is 10.5. The van der Waals surface area contributed by atoms with Crippen molar-refractivity contribution in [3.63, 3.8) is 0 Å². The third-order valence-electron chi connectivity index (χ3n) is 5.95. The van der Waals surface area contributed by atoms with Crippen LogP contribution in [-0.2, 0) is 19.1 Å². The van der Waals surface area contributed by atoms with Crippen LogP contribution in [-0.4, -0.2) is 83.4 Å². The van der Waals surface area contributed by atoms with E-state index < -0.39 is 18.2 Å². The smallest absolute Gasteiger partial charge is 0.247 e. The Balaban J connectivity index is 2.33. The summed E-state index contributed by atoms with van der Waals surface area (Å²) < 4.78 is 12.6. The molecule has 0 aromatic heterocycles. The summed E-state index contributed by atoms with van der Waals surface area (Å²) in [6, 6.07) is 6.64. The van der Waals surface area contributed by atoms with Gasteiger partial charge in [0, 0.05) is 44.5 Å². The number of carbonyl (C=O) groups is 3. The van der Waals surface area contributed by atoms with Crippen molar-refractivity contribution in [2.45, 2.75) is 77.2 Å². The highest BCUT2D eigenvalue weighted by molar-refractivity contribution is 14.1. The van der Waals surface area contributed by atoms with Crippen LogP contribution in [0.25, 0.3) is 0 Å². The van der Waals surface area contributed by atoms with Gasteiger partial charge in [0.25, 0.3) is 0 Å². The van der Waals surface area contributed by atoms with Crippen molar-refractivity contribution in [1.29, 1.82) is 0 Å². The van der Waals surface area contributed by atoms with Gasteiger partial charge in [-0.3, -0.25) is 9.59 Å². The Labute approximate surface area is 232 Å². The topological polar surface area (TPSA) is 125 Å². The van der Waals surface area contributed by atoms with Crippen LogP contribution in [0.4, 0.5) is 0 Å². The fourth-order valence-electron chi connectivity index (χ4n) is 4.13. The lowest BCUT2D eigenvalue weighted by atomic mass is 9.87. The number of halogens is 1. The van der Waals surface area contributed by atoms with Gasteiger partial charge in [-0.25, -0.2) is 0 Å². The molecule has 9 nitrogen and oxygen atoms in total. The molecule has 0 fully saturated rings. The standard InChI is InChI=1S/C27H39IN2O7/c1-18(2)36-15-7-13-30(25(33)11-6-8-19(3)32)22-16-20(27(35)29-12-14-31)17-24(26(22)34)37-23-10-5-4-9-21(23)28/h4-5,9-10,17-18,22,24,26,31,34H,6-8,11-16H2,1-3H3,(H,29,35)/t22-,24+,26+/m1/s1. The quantitative estimate of drug-likeness (QED) is 0.201. The van der Waals surface area contributed by atoms with Gasteiger partial charge in [-0.05, 0) is 74.4 Å². The zero-order chi connectivity index (χ0) is 27.4. The van der Waals surface area contributed by atoms with Crippen molar-refractivity contribution in [3.8, 4) is 5.75 Å². The molecule has 37 heavy (non-hydrogen) atoms. The van der Waals surface area contributed by atoms with Crippen LogP contribution >= 0.6 is 22.6 Å². The number of ketones is 1. The average Bonchev–Trinajstić information content (AvgIpc) is 2.85. The molecule has 0 unspecified atom stereocenters. The first-order chi connectivity index (χ1) is 17.6. The first kappa shape index (κ1) is 31.2. The fraction of sp³-hybridized carbons (Fsp3) is 0.593. The van der Waals surface area contributed by atoms with Crippen molar-refractivity contribution >= 4 is 40.2 Å². The van der Waals surface area contributed by atoms with Crippen molar-refractivity contribution in [2.24, 2.45) is 0 Å². The largest absolute Gasteiger partial charge is 0.482 e. The maximum Gasteiger partial charge on any atom is 0.247 e. The molecule has 0 bridgehead atoms. The second kappa shape index (κ2) is 16.1. The summed E-state index contributed by atoms with van der Waals surface area (Å²) in [4.78, 5) is 39.2. The van der Waals surface area contributed by atoms with E-state index in [9.17, 15) is 19.5 Å². The van der Waals surface area contributed by atoms with Gasteiger partial charge in [-0.1, -0.05) is 12.1 Å². The van der Waals surface area contributed by atoms with Crippen LogP contribution in [0.5, 0.6) is 5.75 Å². The Kier molecular flexibility index (Phi) is 13.5. The van der Waals surface area contributed by atoms with Gasteiger partial charge in [-0.2, -0.15) is 0 Å². The molecule has 0 heterocycles. The molecule has 0 spiro atoms. The van der Waals surface area contributed by atoms with Gasteiger partial charge >= 0.3 is 0 Å². The van der Waals surface area contributed by atoms with E-state index in [4.69, 9.17) is 14.6 Å². The minimum Gasteiger partial charge on any atom is -0.482 e. The average molecular weight is 631 g/mol. The summed E-state index contributed by atoms with van der Waals surface area (Å²) in [5.41, 5.74) is 0.375. The lowest BCUT2D eigenvalue weighted by Crippen LogP contribution is -2.55. The normalized spacial score (nSPS) is 19.3. The van der Waals surface area contributed by atoms with Crippen LogP contribution in [0.1, 0.15) is 52.9 Å². The molecule has 1 aromatic carbocycles. The summed E-state index contributed by atoms with van der Waals surface area (Å²) in [5, 5.41) is 23.2. The Bertz CT molecular complexity index is 937. The summed E-state index contributed by atoms with van der Waals surface area (Å²) in [6.07, 6.45) is 1.25. The molecule has 3 atom stereocenters. The highest BCUT2D eigenvalue weighted by atomic mass is 127. The minimum atomic E-state index is -1.09. The number of rotatable bonds is 15. The van der Waals surface area contributed by atoms with E-state index in [-0.39, 0.29) is 49.7 Å². The van der Waals surface area contributed by atoms with E-state index in [1.165, 1.54) is 6.92 Å². The van der Waals surface area contributed by atoms with Crippen molar-refractivity contribution in [1.82, 2.24) is 10.2 Å². The third-order valence-corrected chi connectivity index (χ3v) is 6.84. The lowest BCUT2D eigenvalue weighted by Gasteiger charge is -2.40. The lowest BCUT2D eigenvalue weighted by molar-refractivity contribution is -0.139. The molecule has 2 rings (SSSR count). The predicted molar refractivity (Wildman–Crippen MR) is 148 cm³/mol. The van der Waals surface area contributed by atoms with E-state index in [1.807, 2.05) is 32.0 Å². The SMILES string of the molecule is CC(=O)CCCC(=O)N(CCCOC(C)C)[C@@H]1CC(C(=O)NCCO)=C[C@H](Oc2ccccc2I)[C@H]1O. The van der Waals surface area contributed by atoms with E-state index in [0.29, 0.717) is 43.7 Å². The van der Waals surface area contributed by atoms with E-state index in [2.05, 4.69) is 27.9 Å². The molecule has 1 aliphatic rings. The van der Waals surface area contributed by atoms with Gasteiger partial charge in [0.1, 0.15) is 23.7 Å². The summed E-state index contributed by atoms with van der Waals surface area (Å²) in [6.45, 7) is 6.02. The van der Waals surface area contributed by atoms with Gasteiger partial charge in [0.2, 0.25) is 11.8 Å². The fourth-order valence-corrected chi connectivity index (χ4v) is 4.64. The number of amides is 2. The minimum absolute atomic E-state index is 0.0130. The number of ether oxygens (including phenoxy) is 2. The van der Waals surface area contributed by atoms with Crippen LogP contribution in [0.15, 0.2) is 35.9 Å². The maximum atomic E-state index is 13.3. The highest BCUT2D eigenvalue weighted by Gasteiger charge is 2.40. The first-order valence-corrected chi connectivity index (χ1v) is 13.8. The molecule has 0 radical (unpaired) electrons. The second-order valence-electron chi connectivity index (χ2n) is 9.36. The summed E-state index contributed by atoms with van der Waals surface area (Å²) >= 11 is 2.14.